The Morgan fingerprint density at radius 1 is 1.11 bits per heavy atom. The molecule has 4 aromatic rings. The van der Waals surface area contributed by atoms with E-state index >= 15 is 0 Å². The van der Waals surface area contributed by atoms with Crippen molar-refractivity contribution in [2.45, 2.75) is 6.42 Å². The van der Waals surface area contributed by atoms with E-state index in [1.54, 1.807) is 48.3 Å². The molecule has 4 rings (SSSR count). The molecule has 1 amide bonds. The normalized spacial score (nSPS) is 10.9. The van der Waals surface area contributed by atoms with Crippen molar-refractivity contribution in [3.63, 3.8) is 0 Å². The summed E-state index contributed by atoms with van der Waals surface area (Å²) >= 11 is 0. The number of carbonyl (C=O) groups excluding carboxylic acids is 2. The van der Waals surface area contributed by atoms with E-state index in [0.29, 0.717) is 17.1 Å². The van der Waals surface area contributed by atoms with Crippen LogP contribution in [-0.2, 0) is 18.3 Å². The number of fused-ring (bicyclic) bond motifs is 1. The molecule has 0 radical (unpaired) electrons. The lowest BCUT2D eigenvalue weighted by molar-refractivity contribution is -0.115. The van der Waals surface area contributed by atoms with Gasteiger partial charge in [0.25, 0.3) is 0 Å². The van der Waals surface area contributed by atoms with E-state index in [-0.39, 0.29) is 18.1 Å². The quantitative estimate of drug-likeness (QED) is 0.537. The number of imidazole rings is 1. The topological polar surface area (TPSA) is 79.8 Å². The second-order valence-corrected chi connectivity index (χ2v) is 6.35. The highest BCUT2D eigenvalue weighted by molar-refractivity contribution is 6.07. The molecule has 6 nitrogen and oxygen atoms in total. The van der Waals surface area contributed by atoms with Gasteiger partial charge < -0.3 is 14.9 Å². The van der Waals surface area contributed by atoms with Crippen molar-refractivity contribution < 1.29 is 9.59 Å². The first-order valence-corrected chi connectivity index (χ1v) is 8.59. The number of hydrogen-bond donors (Lipinski definition) is 2. The van der Waals surface area contributed by atoms with Crippen molar-refractivity contribution in [1.29, 1.82) is 0 Å². The molecule has 2 aromatic heterocycles. The monoisotopic (exact) mass is 358 g/mol. The first-order chi connectivity index (χ1) is 13.1. The number of benzene rings is 2. The van der Waals surface area contributed by atoms with Gasteiger partial charge in [0.1, 0.15) is 0 Å². The molecule has 0 fully saturated rings. The van der Waals surface area contributed by atoms with Crippen molar-refractivity contribution in [1.82, 2.24) is 14.5 Å². The molecule has 0 aliphatic heterocycles. The molecule has 2 heterocycles. The van der Waals surface area contributed by atoms with Crippen LogP contribution >= 0.6 is 0 Å². The number of anilines is 1. The van der Waals surface area contributed by atoms with Crippen LogP contribution in [0, 0.1) is 0 Å². The van der Waals surface area contributed by atoms with Gasteiger partial charge in [-0.2, -0.15) is 0 Å². The first-order valence-electron chi connectivity index (χ1n) is 8.59. The highest BCUT2D eigenvalue weighted by Crippen LogP contribution is 2.19. The molecule has 0 saturated heterocycles. The molecule has 2 aromatic carbocycles. The summed E-state index contributed by atoms with van der Waals surface area (Å²) in [6, 6.07) is 14.7. The molecule has 0 spiro atoms. The lowest BCUT2D eigenvalue weighted by atomic mass is 10.1. The SMILES string of the molecule is Cn1ccnc1C(=O)c1ccc(NC(=O)Cc2c[nH]c3ccccc23)cc1. The van der Waals surface area contributed by atoms with Crippen LogP contribution < -0.4 is 5.32 Å². The minimum Gasteiger partial charge on any atom is -0.361 e. The number of ketones is 1. The van der Waals surface area contributed by atoms with Crippen LogP contribution in [0.25, 0.3) is 10.9 Å². The van der Waals surface area contributed by atoms with Gasteiger partial charge in [-0.15, -0.1) is 0 Å². The van der Waals surface area contributed by atoms with Gasteiger partial charge in [0.2, 0.25) is 11.7 Å². The van der Waals surface area contributed by atoms with Crippen LogP contribution in [0.2, 0.25) is 0 Å². The van der Waals surface area contributed by atoms with Gasteiger partial charge >= 0.3 is 0 Å². The lowest BCUT2D eigenvalue weighted by Gasteiger charge is -2.06. The van der Waals surface area contributed by atoms with Crippen molar-refractivity contribution in [2.24, 2.45) is 7.05 Å². The molecule has 0 atom stereocenters. The van der Waals surface area contributed by atoms with Gasteiger partial charge in [-0.05, 0) is 35.9 Å². The van der Waals surface area contributed by atoms with Crippen molar-refractivity contribution >= 4 is 28.3 Å². The number of para-hydroxylation sites is 1. The molecule has 134 valence electrons. The van der Waals surface area contributed by atoms with Crippen molar-refractivity contribution in [3.8, 4) is 0 Å². The Morgan fingerprint density at radius 3 is 2.63 bits per heavy atom. The number of aryl methyl sites for hydroxylation is 1. The van der Waals surface area contributed by atoms with Gasteiger partial charge in [-0.3, -0.25) is 9.59 Å². The molecule has 2 N–H and O–H groups in total. The van der Waals surface area contributed by atoms with Crippen LogP contribution in [0.5, 0.6) is 0 Å². The van der Waals surface area contributed by atoms with Gasteiger partial charge in [-0.1, -0.05) is 18.2 Å². The summed E-state index contributed by atoms with van der Waals surface area (Å²) in [7, 11) is 1.78. The van der Waals surface area contributed by atoms with E-state index < -0.39 is 0 Å². The fourth-order valence-electron chi connectivity index (χ4n) is 3.07. The smallest absolute Gasteiger partial charge is 0.228 e. The number of aromatic nitrogens is 3. The average Bonchev–Trinajstić information content (AvgIpc) is 3.28. The molecule has 0 unspecified atom stereocenters. The molecule has 0 bridgehead atoms. The number of aromatic amines is 1. The lowest BCUT2D eigenvalue weighted by Crippen LogP contribution is -2.14. The highest BCUT2D eigenvalue weighted by Gasteiger charge is 2.14. The van der Waals surface area contributed by atoms with E-state index in [4.69, 9.17) is 0 Å². The summed E-state index contributed by atoms with van der Waals surface area (Å²) in [6.45, 7) is 0. The second-order valence-electron chi connectivity index (χ2n) is 6.35. The number of hydrogen-bond acceptors (Lipinski definition) is 3. The minimum atomic E-state index is -0.154. The number of H-pyrrole nitrogens is 1. The molecule has 6 heteroatoms. The Bertz CT molecular complexity index is 1120. The number of amides is 1. The number of carbonyl (C=O) groups is 2. The number of nitrogens with zero attached hydrogens (tertiary/aromatic N) is 2. The highest BCUT2D eigenvalue weighted by atomic mass is 16.1. The van der Waals surface area contributed by atoms with E-state index in [0.717, 1.165) is 16.5 Å². The third kappa shape index (κ3) is 3.37. The summed E-state index contributed by atoms with van der Waals surface area (Å²) in [5.41, 5.74) is 3.14. The predicted octanol–water partition coefficient (Wildman–Crippen LogP) is 3.31. The van der Waals surface area contributed by atoms with Crippen LogP contribution in [0.4, 0.5) is 5.69 Å². The summed E-state index contributed by atoms with van der Waals surface area (Å²) in [4.78, 5) is 32.0. The Morgan fingerprint density at radius 2 is 1.89 bits per heavy atom. The molecule has 0 aliphatic rings. The summed E-state index contributed by atoms with van der Waals surface area (Å²) in [5, 5.41) is 3.92. The van der Waals surface area contributed by atoms with Gasteiger partial charge in [0.05, 0.1) is 6.42 Å². The predicted molar refractivity (Wildman–Crippen MR) is 104 cm³/mol. The standard InChI is InChI=1S/C21H18N4O2/c1-25-11-10-22-21(25)20(27)14-6-8-16(9-7-14)24-19(26)12-15-13-23-18-5-3-2-4-17(15)18/h2-11,13,23H,12H2,1H3,(H,24,26). The summed E-state index contributed by atoms with van der Waals surface area (Å²) in [6.07, 6.45) is 5.45. The first kappa shape index (κ1) is 16.8. The number of rotatable bonds is 5. The van der Waals surface area contributed by atoms with E-state index in [2.05, 4.69) is 15.3 Å². The van der Waals surface area contributed by atoms with Crippen LogP contribution in [0.3, 0.4) is 0 Å². The van der Waals surface area contributed by atoms with Crippen molar-refractivity contribution in [2.75, 3.05) is 5.32 Å². The fraction of sp³-hybridized carbons (Fsp3) is 0.0952. The molecular weight excluding hydrogens is 340 g/mol. The largest absolute Gasteiger partial charge is 0.361 e. The maximum absolute atomic E-state index is 12.4. The Labute approximate surface area is 155 Å². The van der Waals surface area contributed by atoms with Gasteiger partial charge in [0.15, 0.2) is 5.82 Å². The van der Waals surface area contributed by atoms with Crippen LogP contribution in [-0.4, -0.2) is 26.2 Å². The zero-order chi connectivity index (χ0) is 18.8. The molecule has 0 saturated carbocycles. The van der Waals surface area contributed by atoms with Gasteiger partial charge in [-0.25, -0.2) is 4.98 Å². The van der Waals surface area contributed by atoms with Crippen LogP contribution in [0.15, 0.2) is 67.1 Å². The average molecular weight is 358 g/mol. The maximum Gasteiger partial charge on any atom is 0.228 e. The zero-order valence-corrected chi connectivity index (χ0v) is 14.8. The Balaban J connectivity index is 1.44. The van der Waals surface area contributed by atoms with E-state index in [9.17, 15) is 9.59 Å². The van der Waals surface area contributed by atoms with Crippen LogP contribution in [0.1, 0.15) is 21.7 Å². The Kier molecular flexibility index (Phi) is 4.30. The third-order valence-corrected chi connectivity index (χ3v) is 4.48. The number of nitrogens with one attached hydrogen (secondary N) is 2. The van der Waals surface area contributed by atoms with Gasteiger partial charge in [0, 0.05) is 47.8 Å². The van der Waals surface area contributed by atoms with E-state index in [1.165, 1.54) is 0 Å². The molecule has 27 heavy (non-hydrogen) atoms. The second kappa shape index (κ2) is 6.92. The van der Waals surface area contributed by atoms with E-state index in [1.807, 2.05) is 30.5 Å². The zero-order valence-electron chi connectivity index (χ0n) is 14.8. The minimum absolute atomic E-state index is 0.108. The summed E-state index contributed by atoms with van der Waals surface area (Å²) < 4.78 is 1.68. The van der Waals surface area contributed by atoms with Crippen molar-refractivity contribution in [3.05, 3.63) is 84.1 Å². The Hall–Kier alpha value is -3.67. The fourth-order valence-corrected chi connectivity index (χ4v) is 3.07. The maximum atomic E-state index is 12.4. The molecular formula is C21H18N4O2. The third-order valence-electron chi connectivity index (χ3n) is 4.48. The molecule has 0 aliphatic carbocycles. The summed E-state index contributed by atoms with van der Waals surface area (Å²) in [5.74, 6) is 0.119.